The van der Waals surface area contributed by atoms with Crippen molar-refractivity contribution >= 4 is 12.2 Å². The van der Waals surface area contributed by atoms with Crippen molar-refractivity contribution < 1.29 is 4.79 Å². The van der Waals surface area contributed by atoms with E-state index in [-0.39, 0.29) is 11.9 Å². The summed E-state index contributed by atoms with van der Waals surface area (Å²) >= 11 is 0. The molecule has 104 valence electrons. The zero-order valence-corrected chi connectivity index (χ0v) is 11.7. The highest BCUT2D eigenvalue weighted by atomic mass is 16.1. The van der Waals surface area contributed by atoms with Crippen LogP contribution in [0, 0.1) is 0 Å². The van der Waals surface area contributed by atoms with Crippen LogP contribution in [0.25, 0.3) is 0 Å². The summed E-state index contributed by atoms with van der Waals surface area (Å²) in [6, 6.07) is 0.121. The van der Waals surface area contributed by atoms with Gasteiger partial charge in [-0.15, -0.1) is 0 Å². The van der Waals surface area contributed by atoms with Gasteiger partial charge < -0.3 is 10.2 Å². The second-order valence-electron chi connectivity index (χ2n) is 5.36. The third kappa shape index (κ3) is 1.76. The molecule has 21 heavy (non-hydrogen) atoms. The van der Waals surface area contributed by atoms with E-state index in [1.807, 2.05) is 30.6 Å². The Morgan fingerprint density at radius 2 is 2.29 bits per heavy atom. The van der Waals surface area contributed by atoms with E-state index in [1.54, 1.807) is 6.92 Å². The van der Waals surface area contributed by atoms with Crippen LogP contribution in [0.5, 0.6) is 0 Å². The minimum atomic E-state index is -0.0476. The summed E-state index contributed by atoms with van der Waals surface area (Å²) in [6.45, 7) is 1.55. The van der Waals surface area contributed by atoms with E-state index in [2.05, 4.69) is 33.4 Å². The molecule has 4 heteroatoms. The molecule has 0 saturated heterocycles. The second-order valence-corrected chi connectivity index (χ2v) is 5.36. The molecule has 0 fully saturated rings. The van der Waals surface area contributed by atoms with Crippen LogP contribution in [0.15, 0.2) is 75.8 Å². The Kier molecular flexibility index (Phi) is 2.57. The summed E-state index contributed by atoms with van der Waals surface area (Å²) in [6.07, 6.45) is 17.1. The van der Waals surface area contributed by atoms with Gasteiger partial charge in [0.2, 0.25) is 5.91 Å². The zero-order valence-electron chi connectivity index (χ0n) is 11.7. The fourth-order valence-corrected chi connectivity index (χ4v) is 3.17. The number of rotatable bonds is 1. The van der Waals surface area contributed by atoms with Crippen molar-refractivity contribution in [2.75, 3.05) is 0 Å². The summed E-state index contributed by atoms with van der Waals surface area (Å²) < 4.78 is 0. The van der Waals surface area contributed by atoms with Crippen LogP contribution < -0.4 is 5.32 Å². The maximum absolute atomic E-state index is 11.6. The number of aliphatic imine (C=N–C) groups is 1. The molecule has 4 aliphatic rings. The first-order valence-corrected chi connectivity index (χ1v) is 7.05. The van der Waals surface area contributed by atoms with Gasteiger partial charge in [-0.25, -0.2) is 4.99 Å². The maximum atomic E-state index is 11.6. The van der Waals surface area contributed by atoms with Crippen molar-refractivity contribution in [1.82, 2.24) is 10.2 Å². The number of nitrogens with zero attached hydrogens (tertiary/aromatic N) is 2. The van der Waals surface area contributed by atoms with Gasteiger partial charge in [0.25, 0.3) is 0 Å². The van der Waals surface area contributed by atoms with Crippen molar-refractivity contribution in [2.24, 2.45) is 4.99 Å². The van der Waals surface area contributed by atoms with E-state index >= 15 is 0 Å². The lowest BCUT2D eigenvalue weighted by atomic mass is 9.98. The first-order chi connectivity index (χ1) is 10.3. The molecule has 2 aliphatic carbocycles. The number of allylic oxidation sites excluding steroid dienone is 6. The Hall–Kier alpha value is -2.62. The second kappa shape index (κ2) is 4.45. The molecule has 0 aromatic rings. The van der Waals surface area contributed by atoms with Crippen molar-refractivity contribution in [2.45, 2.75) is 19.4 Å². The van der Waals surface area contributed by atoms with Crippen LogP contribution in [0.1, 0.15) is 13.3 Å². The highest BCUT2D eigenvalue weighted by Gasteiger charge is 2.38. The average Bonchev–Trinajstić information content (AvgIpc) is 2.82. The van der Waals surface area contributed by atoms with Gasteiger partial charge in [-0.3, -0.25) is 4.79 Å². The minimum Gasteiger partial charge on any atom is -0.324 e. The van der Waals surface area contributed by atoms with Crippen LogP contribution in [0.3, 0.4) is 0 Å². The van der Waals surface area contributed by atoms with E-state index in [0.717, 1.165) is 29.1 Å². The topological polar surface area (TPSA) is 44.7 Å². The van der Waals surface area contributed by atoms with Crippen LogP contribution >= 0.6 is 0 Å². The van der Waals surface area contributed by atoms with Crippen LogP contribution in [0.4, 0.5) is 0 Å². The Balaban J connectivity index is 1.92. The molecule has 2 aliphatic heterocycles. The fourth-order valence-electron chi connectivity index (χ4n) is 3.17. The molecule has 1 atom stereocenters. The number of nitrogens with one attached hydrogen (secondary N) is 1. The molecule has 0 aromatic heterocycles. The zero-order chi connectivity index (χ0) is 14.4. The predicted octanol–water partition coefficient (Wildman–Crippen LogP) is 2.33. The molecule has 0 bridgehead atoms. The molecule has 1 N–H and O–H groups in total. The molecular weight excluding hydrogens is 262 g/mol. The molecule has 0 radical (unpaired) electrons. The van der Waals surface area contributed by atoms with E-state index in [4.69, 9.17) is 0 Å². The summed E-state index contributed by atoms with van der Waals surface area (Å²) in [5.41, 5.74) is 5.27. The van der Waals surface area contributed by atoms with Gasteiger partial charge in [0.15, 0.2) is 0 Å². The van der Waals surface area contributed by atoms with Gasteiger partial charge in [-0.2, -0.15) is 0 Å². The largest absolute Gasteiger partial charge is 0.324 e. The van der Waals surface area contributed by atoms with E-state index in [9.17, 15) is 4.79 Å². The number of fused-ring (bicyclic) bond motifs is 4. The summed E-state index contributed by atoms with van der Waals surface area (Å²) in [7, 11) is 0. The third-order valence-electron chi connectivity index (χ3n) is 4.01. The molecule has 1 unspecified atom stereocenters. The first kappa shape index (κ1) is 12.1. The van der Waals surface area contributed by atoms with Crippen LogP contribution in [-0.4, -0.2) is 23.2 Å². The lowest BCUT2D eigenvalue weighted by molar-refractivity contribution is -0.118. The number of hydrogen-bond acceptors (Lipinski definition) is 3. The smallest absolute Gasteiger partial charge is 0.221 e. The van der Waals surface area contributed by atoms with Crippen molar-refractivity contribution in [1.29, 1.82) is 0 Å². The quantitative estimate of drug-likeness (QED) is 0.799. The maximum Gasteiger partial charge on any atom is 0.221 e. The van der Waals surface area contributed by atoms with Gasteiger partial charge in [-0.05, 0) is 12.5 Å². The summed E-state index contributed by atoms with van der Waals surface area (Å²) in [5.74, 6) is -0.0476. The Morgan fingerprint density at radius 1 is 1.38 bits per heavy atom. The van der Waals surface area contributed by atoms with Gasteiger partial charge >= 0.3 is 0 Å². The van der Waals surface area contributed by atoms with E-state index in [0.29, 0.717) is 0 Å². The lowest BCUT2D eigenvalue weighted by Crippen LogP contribution is -2.32. The van der Waals surface area contributed by atoms with Crippen molar-refractivity contribution in [3.8, 4) is 0 Å². The van der Waals surface area contributed by atoms with Crippen molar-refractivity contribution in [3.63, 3.8) is 0 Å². The lowest BCUT2D eigenvalue weighted by Gasteiger charge is -2.29. The number of carbonyl (C=O) groups is 1. The number of hydrogen-bond donors (Lipinski definition) is 1. The summed E-state index contributed by atoms with van der Waals surface area (Å²) in [5, 5.41) is 3.02. The Bertz CT molecular complexity index is 744. The van der Waals surface area contributed by atoms with Gasteiger partial charge in [0.1, 0.15) is 0 Å². The molecule has 2 heterocycles. The molecule has 0 saturated carbocycles. The number of carbonyl (C=O) groups excluding carboxylic acids is 1. The SMILES string of the molecule is CC(=O)NC1=C2C=CC=CC2N2C=NC3=CC=CCC3=C12. The molecular formula is C17H15N3O. The molecule has 0 spiro atoms. The Morgan fingerprint density at radius 3 is 3.14 bits per heavy atom. The van der Waals surface area contributed by atoms with Gasteiger partial charge in [0.05, 0.1) is 29.5 Å². The molecule has 0 aromatic carbocycles. The van der Waals surface area contributed by atoms with E-state index in [1.165, 1.54) is 5.57 Å². The molecule has 4 rings (SSSR count). The van der Waals surface area contributed by atoms with Gasteiger partial charge in [-0.1, -0.05) is 36.5 Å². The molecule has 1 amide bonds. The average molecular weight is 277 g/mol. The fraction of sp³-hybridized carbons (Fsp3) is 0.176. The highest BCUT2D eigenvalue weighted by molar-refractivity contribution is 5.81. The normalized spacial score (nSPS) is 24.9. The Labute approximate surface area is 123 Å². The summed E-state index contributed by atoms with van der Waals surface area (Å²) in [4.78, 5) is 18.3. The third-order valence-corrected chi connectivity index (χ3v) is 4.01. The minimum absolute atomic E-state index is 0.0476. The standard InChI is InChI=1S/C17H15N3O/c1-11(21)19-16-13-7-3-5-9-15(13)20-10-18-14-8-4-2-6-12(14)17(16)20/h2-5,7-10,15H,6H2,1H3,(H,19,21). The number of amides is 1. The van der Waals surface area contributed by atoms with Crippen LogP contribution in [-0.2, 0) is 4.79 Å². The van der Waals surface area contributed by atoms with Gasteiger partial charge in [0, 0.05) is 18.1 Å². The van der Waals surface area contributed by atoms with Crippen molar-refractivity contribution in [3.05, 3.63) is 70.8 Å². The molecule has 4 nitrogen and oxygen atoms in total. The monoisotopic (exact) mass is 277 g/mol. The first-order valence-electron chi connectivity index (χ1n) is 7.05. The highest BCUT2D eigenvalue weighted by Crippen LogP contribution is 2.41. The predicted molar refractivity (Wildman–Crippen MR) is 82.1 cm³/mol. The van der Waals surface area contributed by atoms with E-state index < -0.39 is 0 Å². The van der Waals surface area contributed by atoms with Crippen LogP contribution in [0.2, 0.25) is 0 Å².